The second-order valence-electron chi connectivity index (χ2n) is 3.77. The van der Waals surface area contributed by atoms with Crippen molar-refractivity contribution in [2.75, 3.05) is 13.2 Å². The first-order valence-corrected chi connectivity index (χ1v) is 5.86. The van der Waals surface area contributed by atoms with Crippen LogP contribution in [-0.4, -0.2) is 19.1 Å². The number of carbonyl (C=O) groups excluding carboxylic acids is 1. The number of benzene rings is 1. The number of alkyl halides is 2. The Balaban J connectivity index is 2.25. The van der Waals surface area contributed by atoms with Gasteiger partial charge < -0.3 is 10.1 Å². The molecule has 100 valence electrons. The fourth-order valence-electron chi connectivity index (χ4n) is 1.44. The fourth-order valence-corrected chi connectivity index (χ4v) is 1.44. The number of ether oxygens (including phenoxy) is 1. The maximum absolute atomic E-state index is 12.3. The van der Waals surface area contributed by atoms with Gasteiger partial charge in [0.2, 0.25) is 0 Å². The zero-order valence-corrected chi connectivity index (χ0v) is 10.3. The van der Waals surface area contributed by atoms with E-state index >= 15 is 0 Å². The van der Waals surface area contributed by atoms with Crippen LogP contribution < -0.4 is 5.32 Å². The third-order valence-electron chi connectivity index (χ3n) is 2.37. The number of esters is 1. The lowest BCUT2D eigenvalue weighted by atomic mass is 10.1. The molecular weight excluding hydrogens is 240 g/mol. The lowest BCUT2D eigenvalue weighted by Gasteiger charge is -2.06. The third-order valence-corrected chi connectivity index (χ3v) is 2.37. The smallest absolute Gasteiger partial charge is 0.307 e. The molecule has 0 heterocycles. The zero-order chi connectivity index (χ0) is 13.4. The van der Waals surface area contributed by atoms with Gasteiger partial charge in [-0.1, -0.05) is 24.3 Å². The Morgan fingerprint density at radius 1 is 1.33 bits per heavy atom. The van der Waals surface area contributed by atoms with Gasteiger partial charge in [0, 0.05) is 18.7 Å². The normalized spacial score (nSPS) is 10.7. The number of rotatable bonds is 7. The quantitative estimate of drug-likeness (QED) is 0.603. The molecule has 5 heteroatoms. The Morgan fingerprint density at radius 3 is 2.56 bits per heavy atom. The Labute approximate surface area is 105 Å². The molecule has 0 saturated heterocycles. The van der Waals surface area contributed by atoms with E-state index in [2.05, 4.69) is 5.32 Å². The van der Waals surface area contributed by atoms with Crippen LogP contribution in [0.2, 0.25) is 0 Å². The standard InChI is InChI=1S/C13H17F2NO2/c1-2-18-12(17)7-8-16-9-10-3-5-11(6-4-10)13(14)15/h3-6,13,16H,2,7-9H2,1H3. The number of nitrogens with one attached hydrogen (secondary N) is 1. The van der Waals surface area contributed by atoms with Crippen molar-refractivity contribution >= 4 is 5.97 Å². The van der Waals surface area contributed by atoms with Gasteiger partial charge in [0.25, 0.3) is 6.43 Å². The summed E-state index contributed by atoms with van der Waals surface area (Å²) in [6, 6.07) is 6.12. The van der Waals surface area contributed by atoms with E-state index in [-0.39, 0.29) is 11.5 Å². The van der Waals surface area contributed by atoms with Gasteiger partial charge in [0.1, 0.15) is 0 Å². The van der Waals surface area contributed by atoms with Gasteiger partial charge in [0.05, 0.1) is 13.0 Å². The van der Waals surface area contributed by atoms with Crippen molar-refractivity contribution < 1.29 is 18.3 Å². The van der Waals surface area contributed by atoms with Gasteiger partial charge >= 0.3 is 5.97 Å². The molecule has 0 unspecified atom stereocenters. The van der Waals surface area contributed by atoms with Crippen LogP contribution in [0.5, 0.6) is 0 Å². The van der Waals surface area contributed by atoms with Gasteiger partial charge in [-0.3, -0.25) is 4.79 Å². The number of hydrogen-bond acceptors (Lipinski definition) is 3. The van der Waals surface area contributed by atoms with Crippen LogP contribution in [0.4, 0.5) is 8.78 Å². The molecule has 0 aliphatic rings. The largest absolute Gasteiger partial charge is 0.466 e. The minimum Gasteiger partial charge on any atom is -0.466 e. The van der Waals surface area contributed by atoms with E-state index in [9.17, 15) is 13.6 Å². The first kappa shape index (κ1) is 14.6. The zero-order valence-electron chi connectivity index (χ0n) is 10.3. The summed E-state index contributed by atoms with van der Waals surface area (Å²) < 4.78 is 29.4. The van der Waals surface area contributed by atoms with Crippen LogP contribution in [0.25, 0.3) is 0 Å². The Bertz CT molecular complexity index is 366. The maximum atomic E-state index is 12.3. The molecular formula is C13H17F2NO2. The molecule has 1 N–H and O–H groups in total. The summed E-state index contributed by atoms with van der Waals surface area (Å²) in [6.07, 6.45) is -2.13. The summed E-state index contributed by atoms with van der Waals surface area (Å²) in [5.74, 6) is -0.238. The van der Waals surface area contributed by atoms with E-state index in [1.165, 1.54) is 12.1 Å². The van der Waals surface area contributed by atoms with Gasteiger partial charge in [-0.2, -0.15) is 0 Å². The minimum atomic E-state index is -2.43. The molecule has 0 spiro atoms. The summed E-state index contributed by atoms with van der Waals surface area (Å²) in [4.78, 5) is 11.0. The highest BCUT2D eigenvalue weighted by atomic mass is 19.3. The molecule has 18 heavy (non-hydrogen) atoms. The molecule has 0 aromatic heterocycles. The highest BCUT2D eigenvalue weighted by molar-refractivity contribution is 5.69. The number of halogens is 2. The van der Waals surface area contributed by atoms with Gasteiger partial charge in [-0.05, 0) is 12.5 Å². The van der Waals surface area contributed by atoms with Crippen LogP contribution in [-0.2, 0) is 16.1 Å². The Hall–Kier alpha value is -1.49. The maximum Gasteiger partial charge on any atom is 0.307 e. The molecule has 1 aromatic carbocycles. The van der Waals surface area contributed by atoms with Crippen LogP contribution in [0.15, 0.2) is 24.3 Å². The van der Waals surface area contributed by atoms with E-state index in [1.807, 2.05) is 0 Å². The third kappa shape index (κ3) is 5.23. The molecule has 0 bridgehead atoms. The van der Waals surface area contributed by atoms with Gasteiger partial charge in [-0.15, -0.1) is 0 Å². The van der Waals surface area contributed by atoms with Crippen LogP contribution in [0.3, 0.4) is 0 Å². The van der Waals surface area contributed by atoms with Crippen molar-refractivity contribution in [1.29, 1.82) is 0 Å². The SMILES string of the molecule is CCOC(=O)CCNCc1ccc(C(F)F)cc1. The molecule has 0 amide bonds. The van der Waals surface area contributed by atoms with E-state index in [4.69, 9.17) is 4.74 Å². The number of hydrogen-bond donors (Lipinski definition) is 1. The lowest BCUT2D eigenvalue weighted by molar-refractivity contribution is -0.142. The molecule has 1 rings (SSSR count). The summed E-state index contributed by atoms with van der Waals surface area (Å²) in [6.45, 7) is 3.20. The first-order chi connectivity index (χ1) is 8.63. The average Bonchev–Trinajstić information content (AvgIpc) is 2.35. The molecule has 1 aromatic rings. The van der Waals surface area contributed by atoms with Crippen molar-refractivity contribution in [3.8, 4) is 0 Å². The van der Waals surface area contributed by atoms with E-state index in [0.717, 1.165) is 5.56 Å². The van der Waals surface area contributed by atoms with Crippen LogP contribution >= 0.6 is 0 Å². The van der Waals surface area contributed by atoms with Gasteiger partial charge in [-0.25, -0.2) is 8.78 Å². The van der Waals surface area contributed by atoms with Crippen molar-refractivity contribution in [2.45, 2.75) is 26.3 Å². The predicted octanol–water partition coefficient (Wildman–Crippen LogP) is 2.67. The van der Waals surface area contributed by atoms with Crippen LogP contribution in [0, 0.1) is 0 Å². The summed E-state index contributed by atoms with van der Waals surface area (Å²) in [7, 11) is 0. The predicted molar refractivity (Wildman–Crippen MR) is 64.4 cm³/mol. The lowest BCUT2D eigenvalue weighted by Crippen LogP contribution is -2.19. The summed E-state index contributed by atoms with van der Waals surface area (Å²) in [5.41, 5.74) is 0.925. The summed E-state index contributed by atoms with van der Waals surface area (Å²) in [5, 5.41) is 3.05. The number of carbonyl (C=O) groups is 1. The Kier molecular flexibility index (Phi) is 6.28. The van der Waals surface area contributed by atoms with Crippen molar-refractivity contribution in [1.82, 2.24) is 5.32 Å². The Morgan fingerprint density at radius 2 is 2.00 bits per heavy atom. The van der Waals surface area contributed by atoms with Crippen LogP contribution in [0.1, 0.15) is 30.9 Å². The van der Waals surface area contributed by atoms with Crippen molar-refractivity contribution in [3.05, 3.63) is 35.4 Å². The molecule has 0 radical (unpaired) electrons. The molecule has 0 saturated carbocycles. The molecule has 0 fully saturated rings. The van der Waals surface area contributed by atoms with Crippen molar-refractivity contribution in [3.63, 3.8) is 0 Å². The van der Waals surface area contributed by atoms with Crippen molar-refractivity contribution in [2.24, 2.45) is 0 Å². The topological polar surface area (TPSA) is 38.3 Å². The van der Waals surface area contributed by atoms with E-state index < -0.39 is 6.43 Å². The second-order valence-corrected chi connectivity index (χ2v) is 3.77. The monoisotopic (exact) mass is 257 g/mol. The molecule has 0 aliphatic carbocycles. The minimum absolute atomic E-state index is 0.0188. The highest BCUT2D eigenvalue weighted by Crippen LogP contribution is 2.18. The van der Waals surface area contributed by atoms with Gasteiger partial charge in [0.15, 0.2) is 0 Å². The average molecular weight is 257 g/mol. The summed E-state index contributed by atoms with van der Waals surface area (Å²) >= 11 is 0. The molecule has 0 atom stereocenters. The molecule has 0 aliphatic heterocycles. The fraction of sp³-hybridized carbons (Fsp3) is 0.462. The first-order valence-electron chi connectivity index (χ1n) is 5.86. The molecule has 3 nitrogen and oxygen atoms in total. The highest BCUT2D eigenvalue weighted by Gasteiger charge is 2.05. The van der Waals surface area contributed by atoms with E-state index in [0.29, 0.717) is 26.1 Å². The second kappa shape index (κ2) is 7.76. The van der Waals surface area contributed by atoms with E-state index in [1.54, 1.807) is 19.1 Å².